The molecular weight excluding hydrogens is 428 g/mol. The maximum absolute atomic E-state index is 12.3. The lowest BCUT2D eigenvalue weighted by atomic mass is 10.3. The highest BCUT2D eigenvalue weighted by Gasteiger charge is 2.33. The Morgan fingerprint density at radius 2 is 2.16 bits per heavy atom. The van der Waals surface area contributed by atoms with Crippen LogP contribution in [0.5, 0.6) is 5.75 Å². The van der Waals surface area contributed by atoms with E-state index in [-0.39, 0.29) is 4.32 Å². The lowest BCUT2D eigenvalue weighted by Crippen LogP contribution is -2.33. The first-order valence-electron chi connectivity index (χ1n) is 7.33. The Morgan fingerprint density at radius 3 is 2.84 bits per heavy atom. The van der Waals surface area contributed by atoms with E-state index in [2.05, 4.69) is 15.9 Å². The average molecular weight is 441 g/mol. The summed E-state index contributed by atoms with van der Waals surface area (Å²) in [5.74, 6) is -0.175. The molecule has 0 unspecified atom stereocenters. The number of carbonyl (C=O) groups excluding carboxylic acids is 1. The Balaban J connectivity index is 1.85. The van der Waals surface area contributed by atoms with Crippen LogP contribution in [0.3, 0.4) is 0 Å². The number of anilines is 1. The van der Waals surface area contributed by atoms with Crippen LogP contribution in [-0.2, 0) is 9.59 Å². The number of allylic oxidation sites excluding steroid dienone is 2. The number of hydrogen-bond donors (Lipinski definition) is 1. The fourth-order valence-electron chi connectivity index (χ4n) is 2.46. The molecule has 6 nitrogen and oxygen atoms in total. The van der Waals surface area contributed by atoms with Gasteiger partial charge in [0.2, 0.25) is 5.88 Å². The van der Waals surface area contributed by atoms with E-state index in [0.29, 0.717) is 17.3 Å². The van der Waals surface area contributed by atoms with Gasteiger partial charge in [-0.3, -0.25) is 14.5 Å². The summed E-state index contributed by atoms with van der Waals surface area (Å²) in [7, 11) is 0. The van der Waals surface area contributed by atoms with Crippen molar-refractivity contribution in [2.24, 2.45) is 0 Å². The highest BCUT2D eigenvalue weighted by molar-refractivity contribution is 9.10. The quantitative estimate of drug-likeness (QED) is 0.568. The molecule has 0 bridgehead atoms. The minimum atomic E-state index is -1.10. The van der Waals surface area contributed by atoms with E-state index in [1.54, 1.807) is 12.2 Å². The first-order chi connectivity index (χ1) is 11.9. The van der Waals surface area contributed by atoms with Crippen LogP contribution < -0.4 is 9.64 Å². The SMILES string of the molecule is CCN1/C(=C/C=C2/SC(=S)N(CC(=O)O)C2=O)Oc2ccc(Br)cc21. The normalized spacial score (nSPS) is 19.8. The molecule has 0 radical (unpaired) electrons. The zero-order chi connectivity index (χ0) is 18.1. The van der Waals surface area contributed by atoms with Crippen LogP contribution in [0, 0.1) is 0 Å². The Kier molecular flexibility index (Phi) is 5.16. The average Bonchev–Trinajstić information content (AvgIpc) is 3.03. The number of thioether (sulfide) groups is 1. The maximum Gasteiger partial charge on any atom is 0.323 e. The van der Waals surface area contributed by atoms with Gasteiger partial charge in [-0.25, -0.2) is 0 Å². The number of aliphatic carboxylic acids is 1. The molecule has 9 heteroatoms. The predicted molar refractivity (Wildman–Crippen MR) is 103 cm³/mol. The number of fused-ring (bicyclic) bond motifs is 1. The number of halogens is 1. The van der Waals surface area contributed by atoms with Crippen LogP contribution in [0.2, 0.25) is 0 Å². The Morgan fingerprint density at radius 1 is 1.40 bits per heavy atom. The number of carboxylic acid groups (broad SMARTS) is 1. The van der Waals surface area contributed by atoms with E-state index in [1.165, 1.54) is 0 Å². The number of nitrogens with zero attached hydrogens (tertiary/aromatic N) is 2. The molecule has 1 saturated heterocycles. The number of carbonyl (C=O) groups is 2. The zero-order valence-electron chi connectivity index (χ0n) is 13.1. The van der Waals surface area contributed by atoms with E-state index >= 15 is 0 Å². The fourth-order valence-corrected chi connectivity index (χ4v) is 4.00. The molecule has 0 aromatic heterocycles. The third kappa shape index (κ3) is 3.58. The molecule has 25 heavy (non-hydrogen) atoms. The molecule has 1 aromatic rings. The number of ether oxygens (including phenoxy) is 1. The van der Waals surface area contributed by atoms with Gasteiger partial charge in [-0.05, 0) is 31.2 Å². The van der Waals surface area contributed by atoms with E-state index < -0.39 is 18.4 Å². The molecule has 2 heterocycles. The van der Waals surface area contributed by atoms with Crippen molar-refractivity contribution in [2.45, 2.75) is 6.92 Å². The second kappa shape index (κ2) is 7.19. The van der Waals surface area contributed by atoms with Gasteiger partial charge in [0.25, 0.3) is 5.91 Å². The number of hydrogen-bond acceptors (Lipinski definition) is 6. The molecule has 1 fully saturated rings. The number of rotatable bonds is 4. The number of amides is 1. The highest BCUT2D eigenvalue weighted by atomic mass is 79.9. The molecule has 0 spiro atoms. The van der Waals surface area contributed by atoms with Crippen LogP contribution in [0.4, 0.5) is 5.69 Å². The van der Waals surface area contributed by atoms with Gasteiger partial charge in [-0.1, -0.05) is 39.9 Å². The van der Waals surface area contributed by atoms with E-state index in [0.717, 1.165) is 32.6 Å². The first kappa shape index (κ1) is 18.0. The topological polar surface area (TPSA) is 70.1 Å². The Bertz CT molecular complexity index is 837. The van der Waals surface area contributed by atoms with Crippen LogP contribution in [0.15, 0.2) is 45.6 Å². The van der Waals surface area contributed by atoms with Crippen molar-refractivity contribution in [2.75, 3.05) is 18.0 Å². The van der Waals surface area contributed by atoms with Crippen molar-refractivity contribution in [3.63, 3.8) is 0 Å². The molecule has 0 atom stereocenters. The lowest BCUT2D eigenvalue weighted by molar-refractivity contribution is -0.140. The second-order valence-electron chi connectivity index (χ2n) is 5.15. The molecule has 1 amide bonds. The van der Waals surface area contributed by atoms with Gasteiger partial charge in [-0.15, -0.1) is 0 Å². The molecule has 1 aromatic carbocycles. The summed E-state index contributed by atoms with van der Waals surface area (Å²) >= 11 is 9.60. The number of carboxylic acids is 1. The van der Waals surface area contributed by atoms with Gasteiger partial charge < -0.3 is 14.7 Å². The van der Waals surface area contributed by atoms with Gasteiger partial charge in [0.05, 0.1) is 10.6 Å². The Hall–Kier alpha value is -1.84. The lowest BCUT2D eigenvalue weighted by Gasteiger charge is -2.15. The largest absolute Gasteiger partial charge is 0.480 e. The predicted octanol–water partition coefficient (Wildman–Crippen LogP) is 3.34. The molecule has 2 aliphatic heterocycles. The maximum atomic E-state index is 12.3. The van der Waals surface area contributed by atoms with E-state index in [4.69, 9.17) is 22.1 Å². The first-order valence-corrected chi connectivity index (χ1v) is 9.35. The van der Waals surface area contributed by atoms with Gasteiger partial charge in [0, 0.05) is 17.1 Å². The summed E-state index contributed by atoms with van der Waals surface area (Å²) < 4.78 is 7.03. The monoisotopic (exact) mass is 440 g/mol. The van der Waals surface area contributed by atoms with Gasteiger partial charge >= 0.3 is 5.97 Å². The second-order valence-corrected chi connectivity index (χ2v) is 7.74. The Labute approximate surface area is 162 Å². The molecule has 2 aliphatic rings. The van der Waals surface area contributed by atoms with Gasteiger partial charge in [0.1, 0.15) is 10.9 Å². The summed E-state index contributed by atoms with van der Waals surface area (Å²) in [5, 5.41) is 8.86. The minimum absolute atomic E-state index is 0.240. The third-order valence-electron chi connectivity index (χ3n) is 3.55. The summed E-state index contributed by atoms with van der Waals surface area (Å²) in [4.78, 5) is 26.5. The molecule has 1 N–H and O–H groups in total. The molecule has 3 rings (SSSR count). The molecule has 0 saturated carbocycles. The van der Waals surface area contributed by atoms with Crippen molar-refractivity contribution in [1.82, 2.24) is 4.90 Å². The fraction of sp³-hybridized carbons (Fsp3) is 0.188. The van der Waals surface area contributed by atoms with Gasteiger partial charge in [-0.2, -0.15) is 0 Å². The van der Waals surface area contributed by atoms with Crippen LogP contribution in [-0.4, -0.2) is 39.3 Å². The summed E-state index contributed by atoms with van der Waals surface area (Å²) in [5.41, 5.74) is 0.940. The van der Waals surface area contributed by atoms with Crippen molar-refractivity contribution in [3.05, 3.63) is 45.6 Å². The number of thiocarbonyl (C=S) groups is 1. The van der Waals surface area contributed by atoms with Crippen molar-refractivity contribution < 1.29 is 19.4 Å². The smallest absolute Gasteiger partial charge is 0.323 e. The van der Waals surface area contributed by atoms with Crippen LogP contribution >= 0.6 is 39.9 Å². The zero-order valence-corrected chi connectivity index (χ0v) is 16.3. The van der Waals surface area contributed by atoms with Crippen LogP contribution in [0.1, 0.15) is 6.92 Å². The van der Waals surface area contributed by atoms with Gasteiger partial charge in [0.15, 0.2) is 5.75 Å². The summed E-state index contributed by atoms with van der Waals surface area (Å²) in [6.45, 7) is 2.26. The van der Waals surface area contributed by atoms with Crippen molar-refractivity contribution >= 4 is 61.8 Å². The summed E-state index contributed by atoms with van der Waals surface area (Å²) in [6, 6.07) is 5.73. The van der Waals surface area contributed by atoms with Crippen LogP contribution in [0.25, 0.3) is 0 Å². The van der Waals surface area contributed by atoms with E-state index in [1.807, 2.05) is 30.0 Å². The molecule has 130 valence electrons. The minimum Gasteiger partial charge on any atom is -0.480 e. The molecular formula is C16H13BrN2O4S2. The van der Waals surface area contributed by atoms with Crippen molar-refractivity contribution in [1.29, 1.82) is 0 Å². The highest BCUT2D eigenvalue weighted by Crippen LogP contribution is 2.40. The summed E-state index contributed by atoms with van der Waals surface area (Å²) in [6.07, 6.45) is 3.31. The standard InChI is InChI=1S/C16H13BrN2O4S2/c1-2-18-10-7-9(17)3-4-11(10)23-13(18)6-5-12-15(22)19(8-14(20)21)16(24)25-12/h3-7H,2,8H2,1H3,(H,20,21)/b12-5+,13-6-. The van der Waals surface area contributed by atoms with Crippen molar-refractivity contribution in [3.8, 4) is 5.75 Å². The van der Waals surface area contributed by atoms with E-state index in [9.17, 15) is 9.59 Å². The third-order valence-corrected chi connectivity index (χ3v) is 5.44. The number of benzene rings is 1. The molecule has 0 aliphatic carbocycles.